The molecule has 2 heterocycles. The summed E-state index contributed by atoms with van der Waals surface area (Å²) in [5, 5.41) is 0. The summed E-state index contributed by atoms with van der Waals surface area (Å²) in [6.45, 7) is 3.85. The molecule has 0 saturated carbocycles. The largest absolute Gasteiger partial charge is 0.321 e. The summed E-state index contributed by atoms with van der Waals surface area (Å²) in [6, 6.07) is 0. The van der Waals surface area contributed by atoms with Gasteiger partial charge in [0, 0.05) is 66.1 Å². The smallest absolute Gasteiger partial charge is 0.204 e. The van der Waals surface area contributed by atoms with E-state index in [1.165, 1.54) is 0 Å². The van der Waals surface area contributed by atoms with Gasteiger partial charge in [-0.05, 0) is 33.0 Å². The van der Waals surface area contributed by atoms with Crippen LogP contribution in [0.3, 0.4) is 0 Å². The SMILES string of the molecule is CN(CCCN=c1n(C)ccn1C)CCCN=c1n(C)ccn1C. The van der Waals surface area contributed by atoms with E-state index in [-0.39, 0.29) is 0 Å². The van der Waals surface area contributed by atoms with Crippen molar-refractivity contribution in [1.29, 1.82) is 0 Å². The average molecular weight is 333 g/mol. The van der Waals surface area contributed by atoms with Crippen LogP contribution in [0.1, 0.15) is 12.8 Å². The van der Waals surface area contributed by atoms with Crippen molar-refractivity contribution in [2.45, 2.75) is 12.8 Å². The Bertz CT molecular complexity index is 647. The quantitative estimate of drug-likeness (QED) is 0.639. The Labute approximate surface area is 144 Å². The molecule has 7 nitrogen and oxygen atoms in total. The second kappa shape index (κ2) is 8.73. The van der Waals surface area contributed by atoms with E-state index in [0.29, 0.717) is 0 Å². The minimum absolute atomic E-state index is 0.861. The number of aryl methyl sites for hydroxylation is 4. The van der Waals surface area contributed by atoms with Crippen LogP contribution in [0.15, 0.2) is 34.8 Å². The Morgan fingerprint density at radius 1 is 0.708 bits per heavy atom. The lowest BCUT2D eigenvalue weighted by Gasteiger charge is -2.14. The van der Waals surface area contributed by atoms with Gasteiger partial charge in [0.2, 0.25) is 11.2 Å². The van der Waals surface area contributed by atoms with Crippen LogP contribution >= 0.6 is 0 Å². The van der Waals surface area contributed by atoms with Crippen LogP contribution in [-0.2, 0) is 28.2 Å². The van der Waals surface area contributed by atoms with Gasteiger partial charge in [-0.2, -0.15) is 0 Å². The molecule has 134 valence electrons. The van der Waals surface area contributed by atoms with Gasteiger partial charge in [-0.3, -0.25) is 9.98 Å². The summed E-state index contributed by atoms with van der Waals surface area (Å²) in [7, 11) is 10.3. The van der Waals surface area contributed by atoms with Crippen molar-refractivity contribution in [3.8, 4) is 0 Å². The van der Waals surface area contributed by atoms with Crippen molar-refractivity contribution in [3.05, 3.63) is 36.0 Å². The molecule has 0 aliphatic rings. The first-order chi connectivity index (χ1) is 11.5. The third kappa shape index (κ3) is 4.99. The highest BCUT2D eigenvalue weighted by Gasteiger charge is 1.99. The van der Waals surface area contributed by atoms with E-state index in [0.717, 1.165) is 50.3 Å². The summed E-state index contributed by atoms with van der Waals surface area (Å²) in [6.07, 6.45) is 10.3. The van der Waals surface area contributed by atoms with E-state index in [1.807, 2.05) is 53.0 Å². The van der Waals surface area contributed by atoms with Crippen LogP contribution in [0.25, 0.3) is 0 Å². The van der Waals surface area contributed by atoms with Gasteiger partial charge < -0.3 is 23.2 Å². The van der Waals surface area contributed by atoms with Crippen LogP contribution in [0.2, 0.25) is 0 Å². The summed E-state index contributed by atoms with van der Waals surface area (Å²) in [5.41, 5.74) is 2.04. The lowest BCUT2D eigenvalue weighted by Crippen LogP contribution is -2.25. The monoisotopic (exact) mass is 333 g/mol. The number of hydrogen-bond donors (Lipinski definition) is 0. The predicted octanol–water partition coefficient (Wildman–Crippen LogP) is 0.254. The zero-order valence-corrected chi connectivity index (χ0v) is 15.7. The fraction of sp³-hybridized carbons (Fsp3) is 0.647. The highest BCUT2D eigenvalue weighted by atomic mass is 15.2. The molecule has 0 radical (unpaired) electrons. The average Bonchev–Trinajstić information content (AvgIpc) is 3.04. The van der Waals surface area contributed by atoms with E-state index >= 15 is 0 Å². The maximum Gasteiger partial charge on any atom is 0.204 e. The van der Waals surface area contributed by atoms with Gasteiger partial charge in [0.15, 0.2) is 0 Å². The second-order valence-corrected chi connectivity index (χ2v) is 6.41. The van der Waals surface area contributed by atoms with Crippen LogP contribution in [-0.4, -0.2) is 56.4 Å². The summed E-state index contributed by atoms with van der Waals surface area (Å²) in [5.74, 6) is 0. The van der Waals surface area contributed by atoms with Crippen molar-refractivity contribution in [2.75, 3.05) is 33.2 Å². The lowest BCUT2D eigenvalue weighted by atomic mass is 10.3. The molecule has 0 aromatic carbocycles. The summed E-state index contributed by atoms with van der Waals surface area (Å²) >= 11 is 0. The summed E-state index contributed by atoms with van der Waals surface area (Å²) < 4.78 is 8.20. The van der Waals surface area contributed by atoms with E-state index in [2.05, 4.69) is 40.2 Å². The Balaban J connectivity index is 1.68. The van der Waals surface area contributed by atoms with Gasteiger partial charge in [0.25, 0.3) is 0 Å². The Hall–Kier alpha value is -2.02. The number of imidazole rings is 2. The molecule has 0 unspecified atom stereocenters. The van der Waals surface area contributed by atoms with Crippen molar-refractivity contribution in [2.24, 2.45) is 38.2 Å². The number of hydrogen-bond acceptors (Lipinski definition) is 3. The van der Waals surface area contributed by atoms with E-state index < -0.39 is 0 Å². The maximum atomic E-state index is 4.66. The molecule has 2 aromatic rings. The highest BCUT2D eigenvalue weighted by molar-refractivity contribution is 4.78. The fourth-order valence-electron chi connectivity index (χ4n) is 2.76. The topological polar surface area (TPSA) is 47.7 Å². The molecule has 0 aliphatic carbocycles. The molecule has 0 saturated heterocycles. The van der Waals surface area contributed by atoms with E-state index in [9.17, 15) is 0 Å². The molecule has 0 amide bonds. The molecule has 7 heteroatoms. The van der Waals surface area contributed by atoms with E-state index in [4.69, 9.17) is 0 Å². The molecule has 0 fully saturated rings. The van der Waals surface area contributed by atoms with Gasteiger partial charge in [0.1, 0.15) is 0 Å². The zero-order chi connectivity index (χ0) is 17.5. The molecule has 2 rings (SSSR count). The predicted molar refractivity (Wildman–Crippen MR) is 96.4 cm³/mol. The number of aromatic nitrogens is 4. The highest BCUT2D eigenvalue weighted by Crippen LogP contribution is 1.92. The first-order valence-corrected chi connectivity index (χ1v) is 8.54. The lowest BCUT2D eigenvalue weighted by molar-refractivity contribution is 0.328. The standard InChI is InChI=1S/C17H31N7/c1-20(10-6-8-18-16-21(2)12-13-22(16)3)11-7-9-19-17-23(4)14-15-24(17)5/h12-15H,6-11H2,1-5H3. The number of rotatable bonds is 8. The molecule has 2 aromatic heterocycles. The first-order valence-electron chi connectivity index (χ1n) is 8.54. The summed E-state index contributed by atoms with van der Waals surface area (Å²) in [4.78, 5) is 11.7. The molecule has 24 heavy (non-hydrogen) atoms. The van der Waals surface area contributed by atoms with Crippen LogP contribution in [0.4, 0.5) is 0 Å². The minimum atomic E-state index is 0.861. The third-order valence-corrected chi connectivity index (χ3v) is 4.19. The van der Waals surface area contributed by atoms with Gasteiger partial charge in [-0.1, -0.05) is 0 Å². The van der Waals surface area contributed by atoms with Crippen molar-refractivity contribution in [1.82, 2.24) is 23.2 Å². The number of nitrogens with zero attached hydrogens (tertiary/aromatic N) is 7. The van der Waals surface area contributed by atoms with Crippen LogP contribution in [0, 0.1) is 0 Å². The molecule has 0 bridgehead atoms. The van der Waals surface area contributed by atoms with Crippen LogP contribution < -0.4 is 11.2 Å². The van der Waals surface area contributed by atoms with Crippen molar-refractivity contribution < 1.29 is 0 Å². The maximum absolute atomic E-state index is 4.66. The van der Waals surface area contributed by atoms with Crippen LogP contribution in [0.5, 0.6) is 0 Å². The molecule has 0 atom stereocenters. The zero-order valence-electron chi connectivity index (χ0n) is 15.7. The first kappa shape index (κ1) is 18.3. The van der Waals surface area contributed by atoms with Gasteiger partial charge in [-0.15, -0.1) is 0 Å². The van der Waals surface area contributed by atoms with Crippen molar-refractivity contribution >= 4 is 0 Å². The Morgan fingerprint density at radius 2 is 1.04 bits per heavy atom. The molecule has 0 N–H and O–H groups in total. The van der Waals surface area contributed by atoms with Crippen molar-refractivity contribution in [3.63, 3.8) is 0 Å². The second-order valence-electron chi connectivity index (χ2n) is 6.41. The van der Waals surface area contributed by atoms with Gasteiger partial charge in [-0.25, -0.2) is 0 Å². The minimum Gasteiger partial charge on any atom is -0.321 e. The normalized spacial score (nSPS) is 11.2. The Morgan fingerprint density at radius 3 is 1.38 bits per heavy atom. The molecule has 0 aliphatic heterocycles. The third-order valence-electron chi connectivity index (χ3n) is 4.19. The molecule has 0 spiro atoms. The van der Waals surface area contributed by atoms with Gasteiger partial charge >= 0.3 is 0 Å². The fourth-order valence-corrected chi connectivity index (χ4v) is 2.76. The van der Waals surface area contributed by atoms with Gasteiger partial charge in [0.05, 0.1) is 0 Å². The van der Waals surface area contributed by atoms with E-state index in [1.54, 1.807) is 0 Å². The molecular formula is C17H31N7. The molecular weight excluding hydrogens is 302 g/mol. The Kier molecular flexibility index (Phi) is 6.66.